The van der Waals surface area contributed by atoms with E-state index in [0.29, 0.717) is 24.9 Å². The Hall–Kier alpha value is -1.80. The van der Waals surface area contributed by atoms with E-state index in [-0.39, 0.29) is 11.7 Å². The standard InChI is InChI=1S/C16H18N2O2S/c1-11(19)12-6-7-14-13(10-12)18(9-5-4-8-17)15(20)16(2,3)21-14/h6-7,10H,4-5,9H2,1-3H3. The molecule has 0 atom stereocenters. The molecule has 0 aliphatic carbocycles. The molecule has 1 aliphatic rings. The summed E-state index contributed by atoms with van der Waals surface area (Å²) in [6.45, 7) is 5.83. The Kier molecular flexibility index (Phi) is 4.38. The number of Topliss-reactive ketones (excluding diaryl/α,β-unsaturated/α-hetero) is 1. The van der Waals surface area contributed by atoms with Crippen LogP contribution in [0.5, 0.6) is 0 Å². The summed E-state index contributed by atoms with van der Waals surface area (Å²) in [6, 6.07) is 7.59. The first-order chi connectivity index (χ1) is 9.86. The predicted molar refractivity (Wildman–Crippen MR) is 83.6 cm³/mol. The number of hydrogen-bond donors (Lipinski definition) is 0. The molecule has 5 heteroatoms. The number of benzene rings is 1. The van der Waals surface area contributed by atoms with Gasteiger partial charge < -0.3 is 4.90 Å². The number of carbonyl (C=O) groups excluding carboxylic acids is 2. The number of unbranched alkanes of at least 4 members (excludes halogenated alkanes) is 1. The van der Waals surface area contributed by atoms with Crippen molar-refractivity contribution in [2.45, 2.75) is 43.3 Å². The molecule has 2 rings (SSSR count). The van der Waals surface area contributed by atoms with Gasteiger partial charge in [-0.25, -0.2) is 0 Å². The number of rotatable bonds is 4. The van der Waals surface area contributed by atoms with Crippen molar-refractivity contribution in [2.75, 3.05) is 11.4 Å². The van der Waals surface area contributed by atoms with Crippen LogP contribution in [0.3, 0.4) is 0 Å². The minimum atomic E-state index is -0.530. The number of anilines is 1. The summed E-state index contributed by atoms with van der Waals surface area (Å²) in [7, 11) is 0. The normalized spacial score (nSPS) is 16.3. The number of hydrogen-bond acceptors (Lipinski definition) is 4. The molecule has 0 bridgehead atoms. The number of nitrogens with zero attached hydrogens (tertiary/aromatic N) is 2. The van der Waals surface area contributed by atoms with Gasteiger partial charge in [-0.15, -0.1) is 11.8 Å². The smallest absolute Gasteiger partial charge is 0.243 e. The Labute approximate surface area is 129 Å². The largest absolute Gasteiger partial charge is 0.310 e. The first kappa shape index (κ1) is 15.6. The average molecular weight is 302 g/mol. The minimum Gasteiger partial charge on any atom is -0.310 e. The lowest BCUT2D eigenvalue weighted by molar-refractivity contribution is -0.120. The van der Waals surface area contributed by atoms with Gasteiger partial charge in [0.15, 0.2) is 5.78 Å². The van der Waals surface area contributed by atoms with Gasteiger partial charge in [-0.2, -0.15) is 5.26 Å². The van der Waals surface area contributed by atoms with Crippen LogP contribution < -0.4 is 4.90 Å². The number of nitriles is 1. The molecule has 1 aliphatic heterocycles. The Morgan fingerprint density at radius 3 is 2.76 bits per heavy atom. The molecule has 0 fully saturated rings. The Balaban J connectivity index is 2.43. The van der Waals surface area contributed by atoms with Crippen molar-refractivity contribution in [1.29, 1.82) is 5.26 Å². The van der Waals surface area contributed by atoms with Gasteiger partial charge in [0.1, 0.15) is 0 Å². The van der Waals surface area contributed by atoms with Crippen LogP contribution in [0.25, 0.3) is 0 Å². The van der Waals surface area contributed by atoms with E-state index in [1.807, 2.05) is 19.9 Å². The van der Waals surface area contributed by atoms with Crippen molar-refractivity contribution >= 4 is 29.1 Å². The van der Waals surface area contributed by atoms with Crippen LogP contribution in [-0.2, 0) is 4.79 Å². The van der Waals surface area contributed by atoms with Gasteiger partial charge >= 0.3 is 0 Å². The van der Waals surface area contributed by atoms with Crippen molar-refractivity contribution in [2.24, 2.45) is 0 Å². The van der Waals surface area contributed by atoms with E-state index in [2.05, 4.69) is 6.07 Å². The minimum absolute atomic E-state index is 0.0166. The summed E-state index contributed by atoms with van der Waals surface area (Å²) >= 11 is 1.52. The molecule has 1 aromatic carbocycles. The lowest BCUT2D eigenvalue weighted by atomic mass is 10.1. The second-order valence-electron chi connectivity index (χ2n) is 5.57. The zero-order valence-corrected chi connectivity index (χ0v) is 13.3. The van der Waals surface area contributed by atoms with E-state index in [9.17, 15) is 9.59 Å². The van der Waals surface area contributed by atoms with E-state index in [1.165, 1.54) is 18.7 Å². The zero-order valence-electron chi connectivity index (χ0n) is 12.5. The van der Waals surface area contributed by atoms with Crippen molar-refractivity contribution in [3.8, 4) is 6.07 Å². The molecule has 0 radical (unpaired) electrons. The number of fused-ring (bicyclic) bond motifs is 1. The number of thioether (sulfide) groups is 1. The fourth-order valence-electron chi connectivity index (χ4n) is 2.32. The first-order valence-electron chi connectivity index (χ1n) is 6.90. The highest BCUT2D eigenvalue weighted by Crippen LogP contribution is 2.45. The molecule has 1 aromatic rings. The predicted octanol–water partition coefficient (Wildman–Crippen LogP) is 3.41. The van der Waals surface area contributed by atoms with Gasteiger partial charge in [0.25, 0.3) is 0 Å². The molecule has 0 unspecified atom stereocenters. The Bertz CT molecular complexity index is 632. The van der Waals surface area contributed by atoms with E-state index in [1.54, 1.807) is 17.0 Å². The topological polar surface area (TPSA) is 61.2 Å². The highest BCUT2D eigenvalue weighted by Gasteiger charge is 2.39. The van der Waals surface area contributed by atoms with E-state index in [0.717, 1.165) is 10.6 Å². The molecule has 110 valence electrons. The molecule has 0 aromatic heterocycles. The second kappa shape index (κ2) is 5.90. The molecule has 0 N–H and O–H groups in total. The molecule has 1 amide bonds. The van der Waals surface area contributed by atoms with Gasteiger partial charge in [0, 0.05) is 23.4 Å². The summed E-state index contributed by atoms with van der Waals surface area (Å²) in [5.74, 6) is 0.00991. The molecular formula is C16H18N2O2S. The van der Waals surface area contributed by atoms with Gasteiger partial charge in [-0.05, 0) is 39.3 Å². The molecule has 0 saturated carbocycles. The Morgan fingerprint density at radius 1 is 1.43 bits per heavy atom. The maximum Gasteiger partial charge on any atom is 0.243 e. The Morgan fingerprint density at radius 2 is 2.14 bits per heavy atom. The van der Waals surface area contributed by atoms with Gasteiger partial charge in [0.05, 0.1) is 16.5 Å². The SMILES string of the molecule is CC(=O)c1ccc2c(c1)N(CCCC#N)C(=O)C(C)(C)S2. The van der Waals surface area contributed by atoms with E-state index >= 15 is 0 Å². The van der Waals surface area contributed by atoms with E-state index < -0.39 is 4.75 Å². The van der Waals surface area contributed by atoms with Crippen LogP contribution in [0.1, 0.15) is 44.0 Å². The summed E-state index contributed by atoms with van der Waals surface area (Å²) in [5.41, 5.74) is 1.39. The van der Waals surface area contributed by atoms with Gasteiger partial charge in [0.2, 0.25) is 5.91 Å². The molecule has 0 spiro atoms. The summed E-state index contributed by atoms with van der Waals surface area (Å²) in [5, 5.41) is 8.67. The highest BCUT2D eigenvalue weighted by molar-refractivity contribution is 8.01. The first-order valence-corrected chi connectivity index (χ1v) is 7.71. The third kappa shape index (κ3) is 3.11. The van der Waals surface area contributed by atoms with Crippen molar-refractivity contribution < 1.29 is 9.59 Å². The van der Waals surface area contributed by atoms with Crippen molar-refractivity contribution in [3.63, 3.8) is 0 Å². The van der Waals surface area contributed by atoms with Gasteiger partial charge in [-0.1, -0.05) is 6.07 Å². The maximum atomic E-state index is 12.6. The summed E-state index contributed by atoms with van der Waals surface area (Å²) in [6.07, 6.45) is 1.05. The third-order valence-corrected chi connectivity index (χ3v) is 4.70. The van der Waals surface area contributed by atoms with Crippen LogP contribution >= 0.6 is 11.8 Å². The highest BCUT2D eigenvalue weighted by atomic mass is 32.2. The van der Waals surface area contributed by atoms with Crippen LogP contribution in [0.4, 0.5) is 5.69 Å². The second-order valence-corrected chi connectivity index (χ2v) is 7.23. The number of amides is 1. The molecule has 4 nitrogen and oxygen atoms in total. The lowest BCUT2D eigenvalue weighted by Crippen LogP contribution is -2.47. The molecule has 21 heavy (non-hydrogen) atoms. The summed E-state index contributed by atoms with van der Waals surface area (Å²) < 4.78 is -0.530. The number of carbonyl (C=O) groups is 2. The zero-order chi connectivity index (χ0) is 15.6. The quantitative estimate of drug-likeness (QED) is 0.631. The van der Waals surface area contributed by atoms with Crippen LogP contribution in [0, 0.1) is 11.3 Å². The third-order valence-electron chi connectivity index (χ3n) is 3.45. The van der Waals surface area contributed by atoms with Gasteiger partial charge in [-0.3, -0.25) is 9.59 Å². The maximum absolute atomic E-state index is 12.6. The molecular weight excluding hydrogens is 284 g/mol. The molecule has 0 saturated heterocycles. The van der Waals surface area contributed by atoms with Crippen LogP contribution in [-0.4, -0.2) is 23.0 Å². The van der Waals surface area contributed by atoms with E-state index in [4.69, 9.17) is 5.26 Å². The van der Waals surface area contributed by atoms with Crippen molar-refractivity contribution in [1.82, 2.24) is 0 Å². The number of ketones is 1. The molecule has 1 heterocycles. The lowest BCUT2D eigenvalue weighted by Gasteiger charge is -2.38. The average Bonchev–Trinajstić information content (AvgIpc) is 2.42. The summed E-state index contributed by atoms with van der Waals surface area (Å²) in [4.78, 5) is 26.9. The van der Waals surface area contributed by atoms with Crippen LogP contribution in [0.15, 0.2) is 23.1 Å². The fourth-order valence-corrected chi connectivity index (χ4v) is 3.48. The monoisotopic (exact) mass is 302 g/mol. The fraction of sp³-hybridized carbons (Fsp3) is 0.438. The van der Waals surface area contributed by atoms with Crippen LogP contribution in [0.2, 0.25) is 0 Å². The van der Waals surface area contributed by atoms with Crippen molar-refractivity contribution in [3.05, 3.63) is 23.8 Å².